The maximum atomic E-state index is 5.98. The highest BCUT2D eigenvalue weighted by atomic mass is 16.5. The highest BCUT2D eigenvalue weighted by Crippen LogP contribution is 2.33. The Bertz CT molecular complexity index is 543. The Morgan fingerprint density at radius 2 is 1.65 bits per heavy atom. The van der Waals surface area contributed by atoms with Crippen molar-refractivity contribution in [1.29, 1.82) is 0 Å². The predicted octanol–water partition coefficient (Wildman–Crippen LogP) is 7.06. The summed E-state index contributed by atoms with van der Waals surface area (Å²) in [4.78, 5) is 0. The van der Waals surface area contributed by atoms with E-state index in [9.17, 15) is 0 Å². The second-order valence-electron chi connectivity index (χ2n) is 6.76. The molecule has 0 aliphatic rings. The molecular formula is C24H38O2. The van der Waals surface area contributed by atoms with E-state index in [1.165, 1.54) is 36.0 Å². The largest absolute Gasteiger partial charge is 0.493 e. The van der Waals surface area contributed by atoms with Crippen LogP contribution in [0.15, 0.2) is 35.9 Å². The molecule has 0 unspecified atom stereocenters. The van der Waals surface area contributed by atoms with Crippen LogP contribution in [-0.4, -0.2) is 13.2 Å². The summed E-state index contributed by atoms with van der Waals surface area (Å²) in [5.74, 6) is 1.98. The van der Waals surface area contributed by atoms with Crippen LogP contribution in [0.5, 0.6) is 11.5 Å². The van der Waals surface area contributed by atoms with E-state index in [2.05, 4.69) is 51.1 Å². The van der Waals surface area contributed by atoms with Gasteiger partial charge in [-0.15, -0.1) is 0 Å². The third-order valence-corrected chi connectivity index (χ3v) is 4.49. The highest BCUT2D eigenvalue weighted by molar-refractivity contribution is 5.49. The lowest BCUT2D eigenvalue weighted by atomic mass is 10.00. The Labute approximate surface area is 161 Å². The zero-order chi connectivity index (χ0) is 19.2. The molecule has 26 heavy (non-hydrogen) atoms. The molecule has 0 saturated carbocycles. The minimum absolute atomic E-state index is 0.682. The maximum absolute atomic E-state index is 5.98. The van der Waals surface area contributed by atoms with Gasteiger partial charge in [-0.05, 0) is 77.5 Å². The molecule has 0 bridgehead atoms. The standard InChI is InChI=1S/C24H38O2/c1-6-10-12-14-20(5)16-17-22-23(25-8-3)18-21(15-13-11-7-2)19-24(22)26-9-4/h6,10,16,18-19H,7-9,11-15,17H2,1-5H3/b10-6-,20-16+. The van der Waals surface area contributed by atoms with E-state index >= 15 is 0 Å². The SMILES string of the molecule is C/C=C\CC/C(C)=C/Cc1c(OCC)cc(CCCCC)cc1OCC. The van der Waals surface area contributed by atoms with Crippen molar-refractivity contribution in [2.75, 3.05) is 13.2 Å². The molecule has 0 N–H and O–H groups in total. The van der Waals surface area contributed by atoms with Gasteiger partial charge in [-0.3, -0.25) is 0 Å². The molecule has 0 fully saturated rings. The first-order valence-electron chi connectivity index (χ1n) is 10.3. The van der Waals surface area contributed by atoms with Gasteiger partial charge in [0.1, 0.15) is 11.5 Å². The Balaban J connectivity index is 3.03. The van der Waals surface area contributed by atoms with E-state index in [0.29, 0.717) is 13.2 Å². The zero-order valence-electron chi connectivity index (χ0n) is 17.6. The number of benzene rings is 1. The summed E-state index contributed by atoms with van der Waals surface area (Å²) < 4.78 is 12.0. The summed E-state index contributed by atoms with van der Waals surface area (Å²) in [6, 6.07) is 4.44. The van der Waals surface area contributed by atoms with Crippen molar-refractivity contribution >= 4 is 0 Å². The first-order valence-corrected chi connectivity index (χ1v) is 10.3. The van der Waals surface area contributed by atoms with Crippen molar-refractivity contribution in [3.8, 4) is 11.5 Å². The lowest BCUT2D eigenvalue weighted by Gasteiger charge is -2.17. The van der Waals surface area contributed by atoms with Crippen LogP contribution in [-0.2, 0) is 12.8 Å². The van der Waals surface area contributed by atoms with Crippen molar-refractivity contribution in [1.82, 2.24) is 0 Å². The second kappa shape index (κ2) is 13.5. The summed E-state index contributed by atoms with van der Waals surface area (Å²) in [7, 11) is 0. The number of hydrogen-bond acceptors (Lipinski definition) is 2. The van der Waals surface area contributed by atoms with Crippen molar-refractivity contribution in [2.45, 2.75) is 79.6 Å². The molecule has 1 rings (SSSR count). The quantitative estimate of drug-likeness (QED) is 0.277. The van der Waals surface area contributed by atoms with E-state index in [1.807, 2.05) is 13.8 Å². The van der Waals surface area contributed by atoms with Crippen LogP contribution in [0.3, 0.4) is 0 Å². The van der Waals surface area contributed by atoms with Gasteiger partial charge in [0.15, 0.2) is 0 Å². The van der Waals surface area contributed by atoms with E-state index in [1.54, 1.807) is 0 Å². The van der Waals surface area contributed by atoms with Crippen LogP contribution >= 0.6 is 0 Å². The zero-order valence-corrected chi connectivity index (χ0v) is 17.6. The third-order valence-electron chi connectivity index (χ3n) is 4.49. The highest BCUT2D eigenvalue weighted by Gasteiger charge is 2.13. The summed E-state index contributed by atoms with van der Waals surface area (Å²) in [6.07, 6.45) is 14.5. The van der Waals surface area contributed by atoms with Gasteiger partial charge in [-0.1, -0.05) is 43.6 Å². The van der Waals surface area contributed by atoms with Gasteiger partial charge >= 0.3 is 0 Å². The van der Waals surface area contributed by atoms with Crippen LogP contribution in [0.4, 0.5) is 0 Å². The second-order valence-corrected chi connectivity index (χ2v) is 6.76. The molecule has 2 nitrogen and oxygen atoms in total. The van der Waals surface area contributed by atoms with Gasteiger partial charge in [0.2, 0.25) is 0 Å². The third kappa shape index (κ3) is 8.12. The summed E-state index contributed by atoms with van der Waals surface area (Å²) in [6.45, 7) is 12.0. The maximum Gasteiger partial charge on any atom is 0.126 e. The summed E-state index contributed by atoms with van der Waals surface area (Å²) in [5.41, 5.74) is 3.92. The number of aryl methyl sites for hydroxylation is 1. The minimum Gasteiger partial charge on any atom is -0.493 e. The smallest absolute Gasteiger partial charge is 0.126 e. The molecule has 0 aliphatic heterocycles. The molecule has 0 aromatic heterocycles. The molecule has 0 heterocycles. The fourth-order valence-corrected chi connectivity index (χ4v) is 3.02. The Kier molecular flexibility index (Phi) is 11.6. The van der Waals surface area contributed by atoms with Crippen molar-refractivity contribution in [3.05, 3.63) is 47.1 Å². The monoisotopic (exact) mass is 358 g/mol. The first-order chi connectivity index (χ1) is 12.7. The van der Waals surface area contributed by atoms with Crippen molar-refractivity contribution in [2.24, 2.45) is 0 Å². The normalized spacial score (nSPS) is 12.0. The fraction of sp³-hybridized carbons (Fsp3) is 0.583. The minimum atomic E-state index is 0.682. The number of hydrogen-bond donors (Lipinski definition) is 0. The number of ether oxygens (including phenoxy) is 2. The summed E-state index contributed by atoms with van der Waals surface area (Å²) >= 11 is 0. The number of rotatable bonds is 13. The molecule has 0 aliphatic carbocycles. The van der Waals surface area contributed by atoms with Crippen LogP contribution in [0.2, 0.25) is 0 Å². The fourth-order valence-electron chi connectivity index (χ4n) is 3.02. The van der Waals surface area contributed by atoms with E-state index in [4.69, 9.17) is 9.47 Å². The first kappa shape index (κ1) is 22.3. The summed E-state index contributed by atoms with van der Waals surface area (Å²) in [5, 5.41) is 0. The Hall–Kier alpha value is -1.70. The van der Waals surface area contributed by atoms with E-state index < -0.39 is 0 Å². The van der Waals surface area contributed by atoms with Crippen LogP contribution in [0, 0.1) is 0 Å². The predicted molar refractivity (Wildman–Crippen MR) is 114 cm³/mol. The average Bonchev–Trinajstić information content (AvgIpc) is 2.62. The molecule has 0 amide bonds. The number of allylic oxidation sites excluding steroid dienone is 4. The molecule has 1 aromatic rings. The van der Waals surface area contributed by atoms with Gasteiger partial charge in [-0.2, -0.15) is 0 Å². The van der Waals surface area contributed by atoms with Crippen LogP contribution < -0.4 is 9.47 Å². The van der Waals surface area contributed by atoms with Crippen LogP contribution in [0.25, 0.3) is 0 Å². The van der Waals surface area contributed by atoms with Gasteiger partial charge < -0.3 is 9.47 Å². The molecule has 0 spiro atoms. The lowest BCUT2D eigenvalue weighted by Crippen LogP contribution is -2.03. The van der Waals surface area contributed by atoms with E-state index in [0.717, 1.165) is 37.2 Å². The van der Waals surface area contributed by atoms with E-state index in [-0.39, 0.29) is 0 Å². The van der Waals surface area contributed by atoms with Crippen molar-refractivity contribution < 1.29 is 9.47 Å². The Morgan fingerprint density at radius 3 is 2.19 bits per heavy atom. The molecular weight excluding hydrogens is 320 g/mol. The number of unbranched alkanes of at least 4 members (excludes halogenated alkanes) is 2. The lowest BCUT2D eigenvalue weighted by molar-refractivity contribution is 0.317. The topological polar surface area (TPSA) is 18.5 Å². The molecule has 1 aromatic carbocycles. The van der Waals surface area contributed by atoms with Gasteiger partial charge in [0, 0.05) is 5.56 Å². The molecule has 2 heteroatoms. The molecule has 0 radical (unpaired) electrons. The van der Waals surface area contributed by atoms with Gasteiger partial charge in [-0.25, -0.2) is 0 Å². The average molecular weight is 359 g/mol. The molecule has 0 atom stereocenters. The van der Waals surface area contributed by atoms with Crippen LogP contribution in [0.1, 0.15) is 77.8 Å². The van der Waals surface area contributed by atoms with Gasteiger partial charge in [0.05, 0.1) is 13.2 Å². The Morgan fingerprint density at radius 1 is 1.00 bits per heavy atom. The van der Waals surface area contributed by atoms with Crippen molar-refractivity contribution in [3.63, 3.8) is 0 Å². The molecule has 146 valence electrons. The van der Waals surface area contributed by atoms with Gasteiger partial charge in [0.25, 0.3) is 0 Å². The molecule has 0 saturated heterocycles.